The van der Waals surface area contributed by atoms with Crippen molar-refractivity contribution in [1.82, 2.24) is 5.32 Å². The predicted molar refractivity (Wildman–Crippen MR) is 82.5 cm³/mol. The summed E-state index contributed by atoms with van der Waals surface area (Å²) in [6.07, 6.45) is 2.16. The highest BCUT2D eigenvalue weighted by Gasteiger charge is 2.15. The van der Waals surface area contributed by atoms with Crippen molar-refractivity contribution in [2.24, 2.45) is 0 Å². The summed E-state index contributed by atoms with van der Waals surface area (Å²) in [6, 6.07) is 4.65. The minimum Gasteiger partial charge on any atom is -0.493 e. The van der Waals surface area contributed by atoms with Gasteiger partial charge in [-0.3, -0.25) is 0 Å². The van der Waals surface area contributed by atoms with Gasteiger partial charge in [-0.15, -0.1) is 0 Å². The highest BCUT2D eigenvalue weighted by atomic mass is 79.9. The molecular weight excluding hydrogens is 322 g/mol. The Morgan fingerprint density at radius 3 is 2.75 bits per heavy atom. The van der Waals surface area contributed by atoms with Gasteiger partial charge in [-0.2, -0.15) is 0 Å². The summed E-state index contributed by atoms with van der Waals surface area (Å²) in [4.78, 5) is 0. The Kier molecular flexibility index (Phi) is 6.13. The van der Waals surface area contributed by atoms with E-state index in [0.29, 0.717) is 12.6 Å². The summed E-state index contributed by atoms with van der Waals surface area (Å²) in [5.74, 6) is 1.54. The Morgan fingerprint density at radius 1 is 1.35 bits per heavy atom. The van der Waals surface area contributed by atoms with E-state index in [1.807, 2.05) is 13.0 Å². The van der Waals surface area contributed by atoms with E-state index in [-0.39, 0.29) is 0 Å². The number of nitrogens with one attached hydrogen (secondary N) is 1. The predicted octanol–water partition coefficient (Wildman–Crippen LogP) is 3.13. The minimum absolute atomic E-state index is 0.542. The van der Waals surface area contributed by atoms with E-state index in [1.54, 1.807) is 7.11 Å². The molecule has 1 N–H and O–H groups in total. The number of hydrogen-bond donors (Lipinski definition) is 1. The van der Waals surface area contributed by atoms with Crippen LogP contribution >= 0.6 is 15.9 Å². The Balaban J connectivity index is 2.02. The second kappa shape index (κ2) is 7.86. The van der Waals surface area contributed by atoms with Crippen LogP contribution in [0.1, 0.15) is 25.3 Å². The van der Waals surface area contributed by atoms with E-state index < -0.39 is 0 Å². The molecule has 1 aliphatic heterocycles. The number of rotatable bonds is 6. The standard InChI is InChI=1S/C15H22BrNO3/c1-3-20-15-13(16)8-11(9-14(15)18-2)10-17-12-4-6-19-7-5-12/h8-9,12,17H,3-7,10H2,1-2H3. The van der Waals surface area contributed by atoms with Crippen molar-refractivity contribution in [1.29, 1.82) is 0 Å². The zero-order valence-corrected chi connectivity index (χ0v) is 13.7. The first-order valence-electron chi connectivity index (χ1n) is 7.05. The molecule has 0 aromatic heterocycles. The lowest BCUT2D eigenvalue weighted by atomic mass is 10.1. The minimum atomic E-state index is 0.542. The van der Waals surface area contributed by atoms with E-state index in [0.717, 1.165) is 48.6 Å². The third-order valence-electron chi connectivity index (χ3n) is 3.39. The quantitative estimate of drug-likeness (QED) is 0.861. The SMILES string of the molecule is CCOc1c(Br)cc(CNC2CCOCC2)cc1OC. The third kappa shape index (κ3) is 4.11. The fourth-order valence-electron chi connectivity index (χ4n) is 2.32. The lowest BCUT2D eigenvalue weighted by Crippen LogP contribution is -2.34. The molecule has 20 heavy (non-hydrogen) atoms. The van der Waals surface area contributed by atoms with Crippen molar-refractivity contribution in [3.8, 4) is 11.5 Å². The van der Waals surface area contributed by atoms with E-state index in [1.165, 1.54) is 5.56 Å². The molecule has 1 aromatic carbocycles. The summed E-state index contributed by atoms with van der Waals surface area (Å²) < 4.78 is 17.3. The molecule has 1 fully saturated rings. The third-order valence-corrected chi connectivity index (χ3v) is 3.98. The fraction of sp³-hybridized carbons (Fsp3) is 0.600. The van der Waals surface area contributed by atoms with Crippen LogP contribution in [-0.4, -0.2) is 33.0 Å². The summed E-state index contributed by atoms with van der Waals surface area (Å²) in [5, 5.41) is 3.57. The molecule has 1 aliphatic rings. The van der Waals surface area contributed by atoms with Crippen LogP contribution in [0.25, 0.3) is 0 Å². The Morgan fingerprint density at radius 2 is 2.10 bits per heavy atom. The first-order valence-corrected chi connectivity index (χ1v) is 7.84. The highest BCUT2D eigenvalue weighted by Crippen LogP contribution is 2.36. The van der Waals surface area contributed by atoms with Crippen molar-refractivity contribution < 1.29 is 14.2 Å². The molecule has 0 bridgehead atoms. The Labute approximate surface area is 128 Å². The molecule has 0 aliphatic carbocycles. The average Bonchev–Trinajstić information content (AvgIpc) is 2.48. The largest absolute Gasteiger partial charge is 0.493 e. The van der Waals surface area contributed by atoms with Crippen LogP contribution < -0.4 is 14.8 Å². The van der Waals surface area contributed by atoms with E-state index in [2.05, 4.69) is 27.3 Å². The van der Waals surface area contributed by atoms with Gasteiger partial charge >= 0.3 is 0 Å². The molecule has 1 saturated heterocycles. The zero-order valence-electron chi connectivity index (χ0n) is 12.1. The van der Waals surface area contributed by atoms with Crippen molar-refractivity contribution in [2.75, 3.05) is 26.9 Å². The molecule has 0 saturated carbocycles. The van der Waals surface area contributed by atoms with Crippen LogP contribution in [0, 0.1) is 0 Å². The van der Waals surface area contributed by atoms with Crippen LogP contribution in [-0.2, 0) is 11.3 Å². The van der Waals surface area contributed by atoms with Gasteiger partial charge in [0.1, 0.15) is 0 Å². The monoisotopic (exact) mass is 343 g/mol. The number of halogens is 1. The van der Waals surface area contributed by atoms with Crippen LogP contribution in [0.4, 0.5) is 0 Å². The maximum absolute atomic E-state index is 5.60. The molecule has 1 aromatic rings. The smallest absolute Gasteiger partial charge is 0.175 e. The van der Waals surface area contributed by atoms with E-state index >= 15 is 0 Å². The highest BCUT2D eigenvalue weighted by molar-refractivity contribution is 9.10. The van der Waals surface area contributed by atoms with Crippen LogP contribution in [0.2, 0.25) is 0 Å². The van der Waals surface area contributed by atoms with Crippen molar-refractivity contribution in [2.45, 2.75) is 32.4 Å². The van der Waals surface area contributed by atoms with Crippen LogP contribution in [0.5, 0.6) is 11.5 Å². The molecule has 0 spiro atoms. The fourth-order valence-corrected chi connectivity index (χ4v) is 2.93. The molecule has 0 atom stereocenters. The van der Waals surface area contributed by atoms with E-state index in [9.17, 15) is 0 Å². The first kappa shape index (κ1) is 15.6. The summed E-state index contributed by atoms with van der Waals surface area (Å²) >= 11 is 3.55. The topological polar surface area (TPSA) is 39.7 Å². The number of hydrogen-bond acceptors (Lipinski definition) is 4. The molecule has 0 unspecified atom stereocenters. The van der Waals surface area contributed by atoms with Crippen LogP contribution in [0.3, 0.4) is 0 Å². The number of benzene rings is 1. The molecule has 0 amide bonds. The van der Waals surface area contributed by atoms with Crippen molar-refractivity contribution in [3.05, 3.63) is 22.2 Å². The molecule has 0 radical (unpaired) electrons. The summed E-state index contributed by atoms with van der Waals surface area (Å²) in [5.41, 5.74) is 1.18. The van der Waals surface area contributed by atoms with Crippen molar-refractivity contribution >= 4 is 15.9 Å². The van der Waals surface area contributed by atoms with Gasteiger partial charge in [-0.1, -0.05) is 0 Å². The number of methoxy groups -OCH3 is 1. The molecule has 2 rings (SSSR count). The lowest BCUT2D eigenvalue weighted by molar-refractivity contribution is 0.0776. The maximum atomic E-state index is 5.60. The van der Waals surface area contributed by atoms with Gasteiger partial charge in [0.25, 0.3) is 0 Å². The second-order valence-electron chi connectivity index (χ2n) is 4.81. The maximum Gasteiger partial charge on any atom is 0.175 e. The number of ether oxygens (including phenoxy) is 3. The summed E-state index contributed by atoms with van der Waals surface area (Å²) in [6.45, 7) is 5.12. The molecular formula is C15H22BrNO3. The van der Waals surface area contributed by atoms with Crippen LogP contribution in [0.15, 0.2) is 16.6 Å². The Hall–Kier alpha value is -0.780. The first-order chi connectivity index (χ1) is 9.74. The molecule has 1 heterocycles. The molecule has 112 valence electrons. The normalized spacial score (nSPS) is 16.1. The lowest BCUT2D eigenvalue weighted by Gasteiger charge is -2.23. The second-order valence-corrected chi connectivity index (χ2v) is 5.66. The van der Waals surface area contributed by atoms with Gasteiger partial charge in [0.05, 0.1) is 18.2 Å². The van der Waals surface area contributed by atoms with Gasteiger partial charge < -0.3 is 19.5 Å². The zero-order chi connectivity index (χ0) is 14.4. The van der Waals surface area contributed by atoms with Gasteiger partial charge in [0, 0.05) is 25.8 Å². The average molecular weight is 344 g/mol. The van der Waals surface area contributed by atoms with Gasteiger partial charge in [-0.05, 0) is 53.4 Å². The van der Waals surface area contributed by atoms with Crippen molar-refractivity contribution in [3.63, 3.8) is 0 Å². The van der Waals surface area contributed by atoms with Gasteiger partial charge in [0.15, 0.2) is 11.5 Å². The molecule has 4 nitrogen and oxygen atoms in total. The molecule has 5 heteroatoms. The van der Waals surface area contributed by atoms with Gasteiger partial charge in [0.2, 0.25) is 0 Å². The van der Waals surface area contributed by atoms with E-state index in [4.69, 9.17) is 14.2 Å². The van der Waals surface area contributed by atoms with Gasteiger partial charge in [-0.25, -0.2) is 0 Å². The summed E-state index contributed by atoms with van der Waals surface area (Å²) in [7, 11) is 1.67. The Bertz CT molecular complexity index is 433.